The van der Waals surface area contributed by atoms with Crippen molar-refractivity contribution in [1.82, 2.24) is 9.78 Å². The number of nitrogens with one attached hydrogen (secondary N) is 1. The Bertz CT molecular complexity index is 578. The van der Waals surface area contributed by atoms with Crippen LogP contribution in [0.5, 0.6) is 5.75 Å². The van der Waals surface area contributed by atoms with E-state index in [0.717, 1.165) is 24.2 Å². The summed E-state index contributed by atoms with van der Waals surface area (Å²) >= 11 is 0. The second kappa shape index (κ2) is 6.75. The molecular weight excluding hydrogens is 254 g/mol. The zero-order valence-corrected chi connectivity index (χ0v) is 11.8. The molecule has 1 amide bonds. The molecule has 0 saturated heterocycles. The molecule has 2 rings (SSSR count). The highest BCUT2D eigenvalue weighted by Crippen LogP contribution is 2.11. The van der Waals surface area contributed by atoms with E-state index in [1.54, 1.807) is 17.1 Å². The van der Waals surface area contributed by atoms with E-state index in [2.05, 4.69) is 17.3 Å². The predicted octanol–water partition coefficient (Wildman–Crippen LogP) is 2.62. The molecule has 0 aliphatic rings. The number of aromatic nitrogens is 2. The molecule has 5 heteroatoms. The molecule has 1 aromatic heterocycles. The number of ether oxygens (including phenoxy) is 1. The summed E-state index contributed by atoms with van der Waals surface area (Å²) in [4.78, 5) is 11.8. The van der Waals surface area contributed by atoms with Crippen LogP contribution >= 0.6 is 0 Å². The first-order valence-electron chi connectivity index (χ1n) is 6.69. The lowest BCUT2D eigenvalue weighted by molar-refractivity contribution is -0.118. The van der Waals surface area contributed by atoms with Crippen molar-refractivity contribution in [3.63, 3.8) is 0 Å². The van der Waals surface area contributed by atoms with Crippen LogP contribution in [0.2, 0.25) is 0 Å². The maximum absolute atomic E-state index is 11.8. The van der Waals surface area contributed by atoms with Gasteiger partial charge in [0.05, 0.1) is 12.4 Å². The number of aryl methyl sites for hydroxylation is 2. The third-order valence-corrected chi connectivity index (χ3v) is 2.73. The number of benzene rings is 1. The Hall–Kier alpha value is -2.30. The average molecular weight is 273 g/mol. The Morgan fingerprint density at radius 2 is 2.30 bits per heavy atom. The van der Waals surface area contributed by atoms with Crippen molar-refractivity contribution in [2.45, 2.75) is 26.8 Å². The van der Waals surface area contributed by atoms with Crippen molar-refractivity contribution >= 4 is 11.6 Å². The largest absolute Gasteiger partial charge is 0.480 e. The first kappa shape index (κ1) is 14.1. The third kappa shape index (κ3) is 4.12. The topological polar surface area (TPSA) is 56.1 Å². The third-order valence-electron chi connectivity index (χ3n) is 2.73. The van der Waals surface area contributed by atoms with E-state index in [9.17, 15) is 4.79 Å². The van der Waals surface area contributed by atoms with Crippen LogP contribution < -0.4 is 10.1 Å². The van der Waals surface area contributed by atoms with Gasteiger partial charge < -0.3 is 10.1 Å². The fourth-order valence-electron chi connectivity index (χ4n) is 1.84. The Kier molecular flexibility index (Phi) is 4.76. The van der Waals surface area contributed by atoms with Crippen molar-refractivity contribution in [3.8, 4) is 5.75 Å². The van der Waals surface area contributed by atoms with Crippen LogP contribution in [-0.2, 0) is 11.3 Å². The molecule has 5 nitrogen and oxygen atoms in total. The molecule has 1 aromatic carbocycles. The molecule has 0 radical (unpaired) electrons. The molecular formula is C15H19N3O2. The Labute approximate surface area is 118 Å². The lowest BCUT2D eigenvalue weighted by Gasteiger charge is -2.06. The van der Waals surface area contributed by atoms with Gasteiger partial charge in [-0.1, -0.05) is 19.1 Å². The molecule has 106 valence electrons. The summed E-state index contributed by atoms with van der Waals surface area (Å²) in [5, 5.41) is 6.93. The van der Waals surface area contributed by atoms with Gasteiger partial charge in [0.25, 0.3) is 5.91 Å². The summed E-state index contributed by atoms with van der Waals surface area (Å²) in [6, 6.07) is 7.65. The zero-order valence-electron chi connectivity index (χ0n) is 11.8. The van der Waals surface area contributed by atoms with Crippen molar-refractivity contribution in [2.24, 2.45) is 0 Å². The van der Waals surface area contributed by atoms with Crippen LogP contribution in [0.1, 0.15) is 18.9 Å². The van der Waals surface area contributed by atoms with Crippen molar-refractivity contribution in [3.05, 3.63) is 42.2 Å². The average Bonchev–Trinajstić information content (AvgIpc) is 2.85. The number of nitrogens with zero attached hydrogens (tertiary/aromatic N) is 2. The van der Waals surface area contributed by atoms with Crippen LogP contribution in [0.3, 0.4) is 0 Å². The van der Waals surface area contributed by atoms with Crippen LogP contribution in [0.15, 0.2) is 36.7 Å². The minimum Gasteiger partial charge on any atom is -0.480 e. The van der Waals surface area contributed by atoms with Gasteiger partial charge in [-0.3, -0.25) is 9.48 Å². The SMILES string of the molecule is CCCn1cc(OCC(=O)Nc2cccc(C)c2)cn1. The van der Waals surface area contributed by atoms with Crippen molar-refractivity contribution in [2.75, 3.05) is 11.9 Å². The van der Waals surface area contributed by atoms with Gasteiger partial charge in [0.1, 0.15) is 0 Å². The van der Waals surface area contributed by atoms with Gasteiger partial charge in [-0.05, 0) is 31.0 Å². The second-order valence-corrected chi connectivity index (χ2v) is 4.65. The summed E-state index contributed by atoms with van der Waals surface area (Å²) in [6.07, 6.45) is 4.42. The first-order chi connectivity index (χ1) is 9.67. The van der Waals surface area contributed by atoms with Crippen LogP contribution in [0.4, 0.5) is 5.69 Å². The summed E-state index contributed by atoms with van der Waals surface area (Å²) < 4.78 is 7.20. The lowest BCUT2D eigenvalue weighted by atomic mass is 10.2. The zero-order chi connectivity index (χ0) is 14.4. The number of carbonyl (C=O) groups excluding carboxylic acids is 1. The number of carbonyl (C=O) groups is 1. The normalized spacial score (nSPS) is 10.3. The molecule has 2 aromatic rings. The quantitative estimate of drug-likeness (QED) is 0.880. The van der Waals surface area contributed by atoms with Crippen molar-refractivity contribution < 1.29 is 9.53 Å². The standard InChI is InChI=1S/C15H19N3O2/c1-3-7-18-10-14(9-16-18)20-11-15(19)17-13-6-4-5-12(2)8-13/h4-6,8-10H,3,7,11H2,1-2H3,(H,17,19). The summed E-state index contributed by atoms with van der Waals surface area (Å²) in [7, 11) is 0. The molecule has 0 atom stereocenters. The van der Waals surface area contributed by atoms with E-state index in [1.807, 2.05) is 31.2 Å². The molecule has 0 spiro atoms. The van der Waals surface area contributed by atoms with Gasteiger partial charge >= 0.3 is 0 Å². The smallest absolute Gasteiger partial charge is 0.262 e. The Balaban J connectivity index is 1.82. The molecule has 0 unspecified atom stereocenters. The van der Waals surface area contributed by atoms with Crippen LogP contribution in [0, 0.1) is 6.92 Å². The van der Waals surface area contributed by atoms with Gasteiger partial charge in [0.15, 0.2) is 12.4 Å². The maximum Gasteiger partial charge on any atom is 0.262 e. The number of anilines is 1. The van der Waals surface area contributed by atoms with Crippen LogP contribution in [0.25, 0.3) is 0 Å². The second-order valence-electron chi connectivity index (χ2n) is 4.65. The summed E-state index contributed by atoms with van der Waals surface area (Å²) in [5.41, 5.74) is 1.88. The summed E-state index contributed by atoms with van der Waals surface area (Å²) in [5.74, 6) is 0.427. The predicted molar refractivity (Wildman–Crippen MR) is 77.8 cm³/mol. The fourth-order valence-corrected chi connectivity index (χ4v) is 1.84. The summed E-state index contributed by atoms with van der Waals surface area (Å²) in [6.45, 7) is 4.89. The fraction of sp³-hybridized carbons (Fsp3) is 0.333. The highest BCUT2D eigenvalue weighted by molar-refractivity contribution is 5.91. The molecule has 1 N–H and O–H groups in total. The van der Waals surface area contributed by atoms with E-state index in [0.29, 0.717) is 5.75 Å². The van der Waals surface area contributed by atoms with E-state index in [4.69, 9.17) is 4.74 Å². The number of amides is 1. The van der Waals surface area contributed by atoms with E-state index >= 15 is 0 Å². The van der Waals surface area contributed by atoms with E-state index in [-0.39, 0.29) is 12.5 Å². The van der Waals surface area contributed by atoms with Gasteiger partial charge in [0, 0.05) is 12.2 Å². The molecule has 0 aliphatic heterocycles. The maximum atomic E-state index is 11.8. The highest BCUT2D eigenvalue weighted by Gasteiger charge is 2.05. The number of hydrogen-bond acceptors (Lipinski definition) is 3. The van der Waals surface area contributed by atoms with Gasteiger partial charge in [-0.15, -0.1) is 0 Å². The number of rotatable bonds is 6. The molecule has 0 aliphatic carbocycles. The molecule has 0 fully saturated rings. The molecule has 1 heterocycles. The van der Waals surface area contributed by atoms with Crippen molar-refractivity contribution in [1.29, 1.82) is 0 Å². The first-order valence-corrected chi connectivity index (χ1v) is 6.69. The Morgan fingerprint density at radius 3 is 3.05 bits per heavy atom. The molecule has 0 bridgehead atoms. The minimum absolute atomic E-state index is 0.0221. The van der Waals surface area contributed by atoms with E-state index in [1.165, 1.54) is 0 Å². The monoisotopic (exact) mass is 273 g/mol. The van der Waals surface area contributed by atoms with Crippen LogP contribution in [-0.4, -0.2) is 22.3 Å². The molecule has 0 saturated carbocycles. The van der Waals surface area contributed by atoms with Gasteiger partial charge in [0.2, 0.25) is 0 Å². The van der Waals surface area contributed by atoms with Gasteiger partial charge in [-0.2, -0.15) is 5.10 Å². The molecule has 20 heavy (non-hydrogen) atoms. The Morgan fingerprint density at radius 1 is 1.45 bits per heavy atom. The van der Waals surface area contributed by atoms with Gasteiger partial charge in [-0.25, -0.2) is 0 Å². The highest BCUT2D eigenvalue weighted by atomic mass is 16.5. The number of hydrogen-bond donors (Lipinski definition) is 1. The minimum atomic E-state index is -0.182. The van der Waals surface area contributed by atoms with E-state index < -0.39 is 0 Å². The lowest BCUT2D eigenvalue weighted by Crippen LogP contribution is -2.20.